The lowest BCUT2D eigenvalue weighted by Crippen LogP contribution is -2.31. The zero-order chi connectivity index (χ0) is 21.0. The second kappa shape index (κ2) is 8.53. The molecular formula is C22H27N5O2. The van der Waals surface area contributed by atoms with Gasteiger partial charge in [0, 0.05) is 36.7 Å². The summed E-state index contributed by atoms with van der Waals surface area (Å²) in [4.78, 5) is 26.2. The predicted molar refractivity (Wildman–Crippen MR) is 115 cm³/mol. The summed E-state index contributed by atoms with van der Waals surface area (Å²) in [5.41, 5.74) is 3.23. The molecule has 3 N–H and O–H groups in total. The molecular weight excluding hydrogens is 366 g/mol. The Morgan fingerprint density at radius 2 is 2.00 bits per heavy atom. The molecule has 3 aromatic heterocycles. The molecule has 0 aliphatic carbocycles. The molecule has 0 radical (unpaired) electrons. The smallest absolute Gasteiger partial charge is 0.255 e. The topological polar surface area (TPSA) is 100 Å². The van der Waals surface area contributed by atoms with Gasteiger partial charge in [-0.15, -0.1) is 0 Å². The van der Waals surface area contributed by atoms with Crippen LogP contribution in [0.4, 0.5) is 5.69 Å². The van der Waals surface area contributed by atoms with Gasteiger partial charge in [0.15, 0.2) is 0 Å². The standard InChI is InChI=1S/C22H27N5O2/c1-14(2)26-19-16(21(28)24-11-9-22(3,4)29)13-25-18-8-7-17(27-20(18)19)15-6-5-10-23-12-15/h5-8,10,12-14,29H,9,11H2,1-4H3,(H,24,28)(H,25,26). The summed E-state index contributed by atoms with van der Waals surface area (Å²) < 4.78 is 0. The summed E-state index contributed by atoms with van der Waals surface area (Å²) in [5.74, 6) is -0.250. The van der Waals surface area contributed by atoms with Gasteiger partial charge in [-0.1, -0.05) is 0 Å². The van der Waals surface area contributed by atoms with Crippen molar-refractivity contribution in [3.8, 4) is 11.3 Å². The van der Waals surface area contributed by atoms with Gasteiger partial charge in [0.2, 0.25) is 0 Å². The number of nitrogens with zero attached hydrogens (tertiary/aromatic N) is 3. The van der Waals surface area contributed by atoms with Gasteiger partial charge in [0.25, 0.3) is 5.91 Å². The van der Waals surface area contributed by atoms with Crippen LogP contribution in [-0.2, 0) is 0 Å². The SMILES string of the molecule is CC(C)Nc1c(C(=O)NCCC(C)(C)O)cnc2ccc(-c3cccnc3)nc12. The van der Waals surface area contributed by atoms with Crippen LogP contribution in [0.15, 0.2) is 42.9 Å². The van der Waals surface area contributed by atoms with E-state index in [4.69, 9.17) is 4.98 Å². The predicted octanol–water partition coefficient (Wildman–Crippen LogP) is 3.40. The first kappa shape index (κ1) is 20.7. The van der Waals surface area contributed by atoms with Crippen LogP contribution in [0.2, 0.25) is 0 Å². The molecule has 0 bridgehead atoms. The maximum atomic E-state index is 12.8. The second-order valence-corrected chi connectivity index (χ2v) is 7.97. The van der Waals surface area contributed by atoms with Gasteiger partial charge in [0.1, 0.15) is 5.52 Å². The molecule has 1 amide bonds. The highest BCUT2D eigenvalue weighted by Gasteiger charge is 2.19. The van der Waals surface area contributed by atoms with Crippen LogP contribution in [0.1, 0.15) is 44.5 Å². The number of anilines is 1. The third-order valence-corrected chi connectivity index (χ3v) is 4.37. The number of pyridine rings is 3. The third kappa shape index (κ3) is 5.26. The lowest BCUT2D eigenvalue weighted by molar-refractivity contribution is 0.0693. The third-order valence-electron chi connectivity index (χ3n) is 4.37. The quantitative estimate of drug-likeness (QED) is 0.569. The molecule has 29 heavy (non-hydrogen) atoms. The average molecular weight is 393 g/mol. The molecule has 7 nitrogen and oxygen atoms in total. The van der Waals surface area contributed by atoms with E-state index in [-0.39, 0.29) is 11.9 Å². The number of amides is 1. The van der Waals surface area contributed by atoms with Crippen molar-refractivity contribution in [2.75, 3.05) is 11.9 Å². The number of fused-ring (bicyclic) bond motifs is 1. The van der Waals surface area contributed by atoms with Crippen LogP contribution in [0.25, 0.3) is 22.3 Å². The molecule has 3 rings (SSSR count). The Kier molecular flexibility index (Phi) is 6.08. The highest BCUT2D eigenvalue weighted by molar-refractivity contribution is 6.06. The second-order valence-electron chi connectivity index (χ2n) is 7.97. The zero-order valence-corrected chi connectivity index (χ0v) is 17.2. The van der Waals surface area contributed by atoms with E-state index in [0.717, 1.165) is 11.3 Å². The Bertz CT molecular complexity index is 997. The Hall–Kier alpha value is -3.06. The number of hydrogen-bond acceptors (Lipinski definition) is 6. The number of nitrogens with one attached hydrogen (secondary N) is 2. The van der Waals surface area contributed by atoms with Gasteiger partial charge in [-0.2, -0.15) is 0 Å². The van der Waals surface area contributed by atoms with Crippen molar-refractivity contribution in [2.24, 2.45) is 0 Å². The minimum atomic E-state index is -0.839. The number of hydrogen-bond donors (Lipinski definition) is 3. The lowest BCUT2D eigenvalue weighted by Gasteiger charge is -2.19. The van der Waals surface area contributed by atoms with E-state index in [2.05, 4.69) is 20.6 Å². The monoisotopic (exact) mass is 393 g/mol. The van der Waals surface area contributed by atoms with E-state index >= 15 is 0 Å². The largest absolute Gasteiger partial charge is 0.390 e. The number of aromatic nitrogens is 3. The molecule has 0 atom stereocenters. The number of carbonyl (C=O) groups is 1. The Balaban J connectivity index is 2.01. The van der Waals surface area contributed by atoms with E-state index in [1.165, 1.54) is 0 Å². The molecule has 0 aromatic carbocycles. The van der Waals surface area contributed by atoms with Gasteiger partial charge >= 0.3 is 0 Å². The molecule has 0 fully saturated rings. The molecule has 0 aliphatic rings. The van der Waals surface area contributed by atoms with Crippen LogP contribution >= 0.6 is 0 Å². The average Bonchev–Trinajstić information content (AvgIpc) is 2.67. The van der Waals surface area contributed by atoms with E-state index in [1.807, 2.05) is 38.1 Å². The molecule has 0 saturated heterocycles. The minimum absolute atomic E-state index is 0.104. The molecule has 3 aromatic rings. The Labute approximate surface area is 170 Å². The van der Waals surface area contributed by atoms with Gasteiger partial charge in [-0.3, -0.25) is 14.8 Å². The summed E-state index contributed by atoms with van der Waals surface area (Å²) in [6, 6.07) is 7.70. The molecule has 0 aliphatic heterocycles. The van der Waals surface area contributed by atoms with Crippen LogP contribution in [0, 0.1) is 0 Å². The minimum Gasteiger partial charge on any atom is -0.390 e. The highest BCUT2D eigenvalue weighted by atomic mass is 16.3. The van der Waals surface area contributed by atoms with Crippen molar-refractivity contribution < 1.29 is 9.90 Å². The molecule has 0 saturated carbocycles. The van der Waals surface area contributed by atoms with E-state index in [1.54, 1.807) is 32.4 Å². The number of aliphatic hydroxyl groups is 1. The summed E-state index contributed by atoms with van der Waals surface area (Å²) in [5, 5.41) is 16.1. The maximum Gasteiger partial charge on any atom is 0.255 e. The first-order valence-corrected chi connectivity index (χ1v) is 9.72. The fourth-order valence-corrected chi connectivity index (χ4v) is 2.93. The van der Waals surface area contributed by atoms with Crippen LogP contribution < -0.4 is 10.6 Å². The van der Waals surface area contributed by atoms with Gasteiger partial charge < -0.3 is 15.7 Å². The first-order valence-electron chi connectivity index (χ1n) is 9.72. The zero-order valence-electron chi connectivity index (χ0n) is 17.2. The van der Waals surface area contributed by atoms with Crippen LogP contribution in [0.3, 0.4) is 0 Å². The van der Waals surface area contributed by atoms with Gasteiger partial charge in [-0.25, -0.2) is 4.98 Å². The van der Waals surface area contributed by atoms with Crippen LogP contribution in [-0.4, -0.2) is 44.2 Å². The number of carbonyl (C=O) groups excluding carboxylic acids is 1. The lowest BCUT2D eigenvalue weighted by atomic mass is 10.1. The molecule has 3 heterocycles. The van der Waals surface area contributed by atoms with E-state index in [9.17, 15) is 9.90 Å². The van der Waals surface area contributed by atoms with Crippen LogP contribution in [0.5, 0.6) is 0 Å². The highest BCUT2D eigenvalue weighted by Crippen LogP contribution is 2.28. The van der Waals surface area contributed by atoms with Gasteiger partial charge in [-0.05, 0) is 58.4 Å². The summed E-state index contributed by atoms with van der Waals surface area (Å²) in [6.07, 6.45) is 5.49. The fraction of sp³-hybridized carbons (Fsp3) is 0.364. The van der Waals surface area contributed by atoms with Crippen molar-refractivity contribution in [3.05, 3.63) is 48.4 Å². The maximum absolute atomic E-state index is 12.8. The molecule has 0 unspecified atom stereocenters. The van der Waals surface area contributed by atoms with Gasteiger partial charge in [0.05, 0.1) is 28.1 Å². The van der Waals surface area contributed by atoms with E-state index < -0.39 is 5.60 Å². The normalized spacial score (nSPS) is 11.7. The molecule has 152 valence electrons. The Morgan fingerprint density at radius 3 is 2.66 bits per heavy atom. The summed E-state index contributed by atoms with van der Waals surface area (Å²) in [6.45, 7) is 7.81. The summed E-state index contributed by atoms with van der Waals surface area (Å²) >= 11 is 0. The first-order chi connectivity index (χ1) is 13.7. The number of rotatable bonds is 7. The fourth-order valence-electron chi connectivity index (χ4n) is 2.93. The van der Waals surface area contributed by atoms with E-state index in [0.29, 0.717) is 35.2 Å². The van der Waals surface area contributed by atoms with Crippen molar-refractivity contribution in [3.63, 3.8) is 0 Å². The Morgan fingerprint density at radius 1 is 1.21 bits per heavy atom. The van der Waals surface area contributed by atoms with Crippen molar-refractivity contribution >= 4 is 22.6 Å². The summed E-state index contributed by atoms with van der Waals surface area (Å²) in [7, 11) is 0. The van der Waals surface area contributed by atoms with Crippen molar-refractivity contribution in [1.82, 2.24) is 20.3 Å². The van der Waals surface area contributed by atoms with Crippen molar-refractivity contribution in [1.29, 1.82) is 0 Å². The molecule has 0 spiro atoms. The molecule has 7 heteroatoms. The van der Waals surface area contributed by atoms with Crippen molar-refractivity contribution in [2.45, 2.75) is 45.8 Å².